The van der Waals surface area contributed by atoms with Gasteiger partial charge in [0.2, 0.25) is 0 Å². The molecule has 4 saturated heterocycles. The summed E-state index contributed by atoms with van der Waals surface area (Å²) < 4.78 is 10.8. The van der Waals surface area contributed by atoms with E-state index in [0.29, 0.717) is 0 Å². The van der Waals surface area contributed by atoms with Gasteiger partial charge in [0.1, 0.15) is 11.2 Å². The predicted octanol–water partition coefficient (Wildman–Crippen LogP) is 1.03. The highest BCUT2D eigenvalue weighted by atomic mass is 16.6. The van der Waals surface area contributed by atoms with Crippen LogP contribution in [0.1, 0.15) is 67.2 Å². The normalized spacial score (nSPS) is 19.3. The monoisotopic (exact) mass is 604 g/mol. The first-order chi connectivity index (χ1) is 19.1. The number of carboxylic acids is 4. The van der Waals surface area contributed by atoms with Crippen molar-refractivity contribution in [2.75, 3.05) is 39.3 Å². The molecule has 16 nitrogen and oxygen atoms in total. The number of ether oxygens (including phenoxy) is 2. The molecule has 4 aliphatic heterocycles. The van der Waals surface area contributed by atoms with E-state index in [9.17, 15) is 9.59 Å². The highest BCUT2D eigenvalue weighted by molar-refractivity contribution is 6.27. The van der Waals surface area contributed by atoms with Crippen LogP contribution < -0.4 is 10.6 Å². The van der Waals surface area contributed by atoms with Crippen LogP contribution in [0.15, 0.2) is 0 Å². The van der Waals surface area contributed by atoms with Gasteiger partial charge in [-0.1, -0.05) is 0 Å². The molecule has 0 radical (unpaired) electrons. The van der Waals surface area contributed by atoms with E-state index >= 15 is 0 Å². The Morgan fingerprint density at radius 2 is 0.833 bits per heavy atom. The van der Waals surface area contributed by atoms with E-state index in [1.807, 2.05) is 51.3 Å². The van der Waals surface area contributed by atoms with Gasteiger partial charge in [-0.25, -0.2) is 28.8 Å². The van der Waals surface area contributed by atoms with Gasteiger partial charge in [0, 0.05) is 39.3 Å². The number of carbonyl (C=O) groups is 6. The minimum Gasteiger partial charge on any atom is -0.473 e. The molecule has 42 heavy (non-hydrogen) atoms. The predicted molar refractivity (Wildman–Crippen MR) is 146 cm³/mol. The summed E-state index contributed by atoms with van der Waals surface area (Å²) in [6.07, 6.45) is 4.11. The minimum atomic E-state index is -1.82. The Hall–Kier alpha value is -3.66. The van der Waals surface area contributed by atoms with Crippen LogP contribution in [-0.2, 0) is 28.7 Å². The van der Waals surface area contributed by atoms with Gasteiger partial charge in [-0.05, 0) is 67.2 Å². The van der Waals surface area contributed by atoms with E-state index in [-0.39, 0.29) is 23.3 Å². The molecular formula is C26H44N4O12. The number of nitrogens with one attached hydrogen (secondary N) is 2. The van der Waals surface area contributed by atoms with Gasteiger partial charge in [-0.3, -0.25) is 9.80 Å². The maximum atomic E-state index is 11.9. The number of carboxylic acid groups (broad SMARTS) is 4. The van der Waals surface area contributed by atoms with Crippen molar-refractivity contribution >= 4 is 36.1 Å². The molecule has 240 valence electrons. The maximum absolute atomic E-state index is 11.9. The molecule has 0 bridgehead atoms. The topological polar surface area (TPSA) is 232 Å². The van der Waals surface area contributed by atoms with Gasteiger partial charge in [0.05, 0.1) is 11.1 Å². The van der Waals surface area contributed by atoms with Crippen LogP contribution in [0.5, 0.6) is 0 Å². The summed E-state index contributed by atoms with van der Waals surface area (Å²) in [7, 11) is 0. The Bertz CT molecular complexity index is 906. The molecule has 0 atom stereocenters. The van der Waals surface area contributed by atoms with Crippen molar-refractivity contribution in [2.45, 2.75) is 89.5 Å². The summed E-state index contributed by atoms with van der Waals surface area (Å²) in [5, 5.41) is 36.0. The van der Waals surface area contributed by atoms with Crippen molar-refractivity contribution in [1.29, 1.82) is 0 Å². The van der Waals surface area contributed by atoms with Crippen LogP contribution in [0.25, 0.3) is 0 Å². The van der Waals surface area contributed by atoms with Crippen LogP contribution in [0, 0.1) is 0 Å². The third kappa shape index (κ3) is 11.0. The molecule has 6 N–H and O–H groups in total. The van der Waals surface area contributed by atoms with Crippen LogP contribution >= 0.6 is 0 Å². The second kappa shape index (κ2) is 14.5. The van der Waals surface area contributed by atoms with Crippen LogP contribution in [0.4, 0.5) is 9.59 Å². The zero-order valence-electron chi connectivity index (χ0n) is 25.0. The molecule has 4 aliphatic rings. The van der Waals surface area contributed by atoms with E-state index in [1.54, 1.807) is 0 Å². The maximum Gasteiger partial charge on any atom is 0.414 e. The lowest BCUT2D eigenvalue weighted by Crippen LogP contribution is -2.67. The molecule has 2 amide bonds. The standard InChI is InChI=1S/2C11H20N2O2.2C2H2O4/c2*1-10(2,3)15-9(14)13-6-4-5-11(13)7-12-8-11;2*3-1(4)2(5)6/h2*12H,4-8H2,1-3H3;2*(H,3,4)(H,5,6). The second-order valence-electron chi connectivity index (χ2n) is 12.3. The van der Waals surface area contributed by atoms with Gasteiger partial charge in [-0.2, -0.15) is 0 Å². The number of amides is 2. The fourth-order valence-electron chi connectivity index (χ4n) is 4.64. The molecular weight excluding hydrogens is 560 g/mol. The largest absolute Gasteiger partial charge is 0.473 e. The van der Waals surface area contributed by atoms with Gasteiger partial charge in [0.25, 0.3) is 0 Å². The van der Waals surface area contributed by atoms with Crippen molar-refractivity contribution in [3.63, 3.8) is 0 Å². The molecule has 4 heterocycles. The molecule has 0 aromatic rings. The first-order valence-corrected chi connectivity index (χ1v) is 13.5. The van der Waals surface area contributed by atoms with Crippen molar-refractivity contribution in [1.82, 2.24) is 20.4 Å². The van der Waals surface area contributed by atoms with Crippen LogP contribution in [0.3, 0.4) is 0 Å². The molecule has 0 aromatic carbocycles. The summed E-state index contributed by atoms with van der Waals surface area (Å²) in [5.74, 6) is -7.30. The molecule has 0 saturated carbocycles. The Morgan fingerprint density at radius 3 is 1.00 bits per heavy atom. The first-order valence-electron chi connectivity index (χ1n) is 13.5. The lowest BCUT2D eigenvalue weighted by molar-refractivity contribution is -0.159. The smallest absolute Gasteiger partial charge is 0.414 e. The molecule has 4 rings (SSSR count). The Labute approximate surface area is 244 Å². The fourth-order valence-corrected chi connectivity index (χ4v) is 4.64. The highest BCUT2D eigenvalue weighted by Crippen LogP contribution is 2.34. The van der Waals surface area contributed by atoms with Gasteiger partial charge >= 0.3 is 36.1 Å². The second-order valence-corrected chi connectivity index (χ2v) is 12.3. The molecule has 16 heteroatoms. The SMILES string of the molecule is CC(C)(C)OC(=O)N1CCCC12CNC2.CC(C)(C)OC(=O)N1CCCC12CNC2.O=C(O)C(=O)O.O=C(O)C(=O)O. The number of hydrogen-bond donors (Lipinski definition) is 6. The summed E-state index contributed by atoms with van der Waals surface area (Å²) in [4.78, 5) is 64.1. The van der Waals surface area contributed by atoms with Gasteiger partial charge in [-0.15, -0.1) is 0 Å². The molecule has 0 aliphatic carbocycles. The third-order valence-corrected chi connectivity index (χ3v) is 6.60. The van der Waals surface area contributed by atoms with E-state index in [4.69, 9.17) is 49.1 Å². The van der Waals surface area contributed by atoms with E-state index < -0.39 is 35.1 Å². The molecule has 0 aromatic heterocycles. The lowest BCUT2D eigenvalue weighted by Gasteiger charge is -2.46. The Kier molecular flexibility index (Phi) is 12.5. The fraction of sp³-hybridized carbons (Fsp3) is 0.769. The quantitative estimate of drug-likeness (QED) is 0.212. The van der Waals surface area contributed by atoms with Gasteiger partial charge in [0.15, 0.2) is 0 Å². The van der Waals surface area contributed by atoms with Crippen molar-refractivity contribution < 1.29 is 58.7 Å². The van der Waals surface area contributed by atoms with E-state index in [2.05, 4.69) is 10.6 Å². The number of likely N-dealkylation sites (tertiary alicyclic amines) is 2. The molecule has 2 spiro atoms. The van der Waals surface area contributed by atoms with Crippen molar-refractivity contribution in [3.8, 4) is 0 Å². The highest BCUT2D eigenvalue weighted by Gasteiger charge is 2.50. The Balaban J connectivity index is 0.000000307. The van der Waals surface area contributed by atoms with E-state index in [0.717, 1.165) is 65.0 Å². The third-order valence-electron chi connectivity index (χ3n) is 6.60. The van der Waals surface area contributed by atoms with Crippen molar-refractivity contribution in [2.24, 2.45) is 0 Å². The number of aliphatic carboxylic acids is 4. The van der Waals surface area contributed by atoms with Crippen molar-refractivity contribution in [3.05, 3.63) is 0 Å². The zero-order valence-corrected chi connectivity index (χ0v) is 25.0. The summed E-state index contributed by atoms with van der Waals surface area (Å²) >= 11 is 0. The summed E-state index contributed by atoms with van der Waals surface area (Å²) in [5.41, 5.74) is -0.638. The van der Waals surface area contributed by atoms with Crippen LogP contribution in [-0.4, -0.2) is 128 Å². The summed E-state index contributed by atoms with van der Waals surface area (Å²) in [6, 6.07) is 0. The zero-order chi connectivity index (χ0) is 32.5. The summed E-state index contributed by atoms with van der Waals surface area (Å²) in [6.45, 7) is 16.8. The average Bonchev–Trinajstić information content (AvgIpc) is 3.43. The molecule has 0 unspecified atom stereocenters. The lowest BCUT2D eigenvalue weighted by atomic mass is 9.90. The van der Waals surface area contributed by atoms with Crippen LogP contribution in [0.2, 0.25) is 0 Å². The first kappa shape index (κ1) is 36.4. The minimum absolute atomic E-state index is 0.0718. The number of carbonyl (C=O) groups excluding carboxylic acids is 2. The number of nitrogens with zero attached hydrogens (tertiary/aromatic N) is 2. The van der Waals surface area contributed by atoms with Gasteiger partial charge < -0.3 is 40.5 Å². The number of rotatable bonds is 0. The van der Waals surface area contributed by atoms with E-state index in [1.165, 1.54) is 0 Å². The average molecular weight is 605 g/mol. The molecule has 4 fully saturated rings. The Morgan fingerprint density at radius 1 is 0.571 bits per heavy atom. The number of hydrogen-bond acceptors (Lipinski definition) is 10.